The quantitative estimate of drug-likeness (QED) is 0.645. The fourth-order valence-corrected chi connectivity index (χ4v) is 2.21. The van der Waals surface area contributed by atoms with Gasteiger partial charge in [0.05, 0.1) is 13.7 Å². The Labute approximate surface area is 133 Å². The Morgan fingerprint density at radius 1 is 1.14 bits per heavy atom. The first-order chi connectivity index (χ1) is 10.5. The molecule has 22 heavy (non-hydrogen) atoms. The Morgan fingerprint density at radius 2 is 1.86 bits per heavy atom. The summed E-state index contributed by atoms with van der Waals surface area (Å²) in [6.07, 6.45) is 0.639. The number of ether oxygens (including phenoxy) is 2. The molecule has 0 spiro atoms. The van der Waals surface area contributed by atoms with Gasteiger partial charge in [-0.3, -0.25) is 4.79 Å². The van der Waals surface area contributed by atoms with E-state index in [-0.39, 0.29) is 5.91 Å². The standard InChI is InChI=1S/C17H28N2O3/c1-17(2,13-14-7-5-6-8-15(14)22-4)16(20)19-10-9-18-11-12-21-3/h5-8,18H,9-13H2,1-4H3,(H,19,20). The molecule has 0 aliphatic heterocycles. The van der Waals surface area contributed by atoms with Crippen LogP contribution in [0, 0.1) is 5.41 Å². The van der Waals surface area contributed by atoms with Gasteiger partial charge in [-0.15, -0.1) is 0 Å². The third-order valence-electron chi connectivity index (χ3n) is 3.51. The predicted octanol–water partition coefficient (Wildman–Crippen LogP) is 1.62. The lowest BCUT2D eigenvalue weighted by molar-refractivity contribution is -0.129. The van der Waals surface area contributed by atoms with E-state index in [4.69, 9.17) is 9.47 Å². The lowest BCUT2D eigenvalue weighted by Gasteiger charge is -2.24. The third kappa shape index (κ3) is 6.03. The van der Waals surface area contributed by atoms with Crippen LogP contribution >= 0.6 is 0 Å². The molecule has 1 aromatic rings. The Balaban J connectivity index is 2.45. The van der Waals surface area contributed by atoms with Crippen LogP contribution in [0.25, 0.3) is 0 Å². The molecule has 0 radical (unpaired) electrons. The zero-order valence-corrected chi connectivity index (χ0v) is 14.1. The highest BCUT2D eigenvalue weighted by Gasteiger charge is 2.28. The topological polar surface area (TPSA) is 59.6 Å². The number of hydrogen-bond acceptors (Lipinski definition) is 4. The van der Waals surface area contributed by atoms with Crippen LogP contribution in [0.15, 0.2) is 24.3 Å². The van der Waals surface area contributed by atoms with Gasteiger partial charge in [-0.25, -0.2) is 0 Å². The molecule has 0 aromatic heterocycles. The number of carbonyl (C=O) groups excluding carboxylic acids is 1. The molecule has 1 rings (SSSR count). The van der Waals surface area contributed by atoms with Gasteiger partial charge in [-0.2, -0.15) is 0 Å². The Bertz CT molecular complexity index is 461. The first-order valence-electron chi connectivity index (χ1n) is 7.61. The molecule has 0 heterocycles. The second kappa shape index (κ2) is 9.43. The summed E-state index contributed by atoms with van der Waals surface area (Å²) in [6.45, 7) is 6.71. The maximum absolute atomic E-state index is 12.4. The zero-order valence-electron chi connectivity index (χ0n) is 14.1. The minimum atomic E-state index is -0.485. The number of benzene rings is 1. The summed E-state index contributed by atoms with van der Waals surface area (Å²) in [4.78, 5) is 12.4. The average molecular weight is 308 g/mol. The molecule has 0 atom stereocenters. The van der Waals surface area contributed by atoms with E-state index in [9.17, 15) is 4.79 Å². The molecule has 5 nitrogen and oxygen atoms in total. The van der Waals surface area contributed by atoms with Crippen LogP contribution in [0.1, 0.15) is 19.4 Å². The number of carbonyl (C=O) groups is 1. The van der Waals surface area contributed by atoms with E-state index in [1.54, 1.807) is 14.2 Å². The Hall–Kier alpha value is -1.59. The first-order valence-corrected chi connectivity index (χ1v) is 7.61. The van der Waals surface area contributed by atoms with Crippen molar-refractivity contribution in [1.29, 1.82) is 0 Å². The molecule has 0 unspecified atom stereocenters. The molecule has 2 N–H and O–H groups in total. The van der Waals surface area contributed by atoms with Crippen molar-refractivity contribution in [3.63, 3.8) is 0 Å². The number of methoxy groups -OCH3 is 2. The van der Waals surface area contributed by atoms with E-state index < -0.39 is 5.41 Å². The first kappa shape index (κ1) is 18.5. The van der Waals surface area contributed by atoms with Crippen molar-refractivity contribution >= 4 is 5.91 Å². The molecule has 1 aromatic carbocycles. The lowest BCUT2D eigenvalue weighted by Crippen LogP contribution is -2.41. The number of nitrogens with one attached hydrogen (secondary N) is 2. The van der Waals surface area contributed by atoms with Crippen molar-refractivity contribution in [1.82, 2.24) is 10.6 Å². The highest BCUT2D eigenvalue weighted by atomic mass is 16.5. The fraction of sp³-hybridized carbons (Fsp3) is 0.588. The van der Waals surface area contributed by atoms with E-state index in [0.29, 0.717) is 19.6 Å². The zero-order chi connectivity index (χ0) is 16.4. The van der Waals surface area contributed by atoms with Gasteiger partial charge in [0.25, 0.3) is 0 Å². The van der Waals surface area contributed by atoms with E-state index >= 15 is 0 Å². The molecule has 0 fully saturated rings. The molecule has 0 aliphatic rings. The van der Waals surface area contributed by atoms with Crippen LogP contribution in [0.5, 0.6) is 5.75 Å². The second-order valence-corrected chi connectivity index (χ2v) is 5.87. The van der Waals surface area contributed by atoms with Crippen LogP contribution in [0.3, 0.4) is 0 Å². The number of hydrogen-bond donors (Lipinski definition) is 2. The van der Waals surface area contributed by atoms with Gasteiger partial charge >= 0.3 is 0 Å². The summed E-state index contributed by atoms with van der Waals surface area (Å²) in [6, 6.07) is 7.82. The maximum atomic E-state index is 12.4. The van der Waals surface area contributed by atoms with E-state index in [0.717, 1.165) is 24.4 Å². The molecular formula is C17H28N2O3. The molecule has 0 aliphatic carbocycles. The fourth-order valence-electron chi connectivity index (χ4n) is 2.21. The van der Waals surface area contributed by atoms with E-state index in [1.807, 2.05) is 38.1 Å². The van der Waals surface area contributed by atoms with Crippen molar-refractivity contribution in [3.8, 4) is 5.75 Å². The highest BCUT2D eigenvalue weighted by Crippen LogP contribution is 2.27. The van der Waals surface area contributed by atoms with Crippen LogP contribution in [0.4, 0.5) is 0 Å². The summed E-state index contributed by atoms with van der Waals surface area (Å²) in [7, 11) is 3.32. The van der Waals surface area contributed by atoms with E-state index in [1.165, 1.54) is 0 Å². The molecule has 0 saturated carbocycles. The molecular weight excluding hydrogens is 280 g/mol. The van der Waals surface area contributed by atoms with Gasteiger partial charge < -0.3 is 20.1 Å². The molecule has 1 amide bonds. The third-order valence-corrected chi connectivity index (χ3v) is 3.51. The smallest absolute Gasteiger partial charge is 0.226 e. The van der Waals surface area contributed by atoms with Crippen molar-refractivity contribution in [2.45, 2.75) is 20.3 Å². The van der Waals surface area contributed by atoms with Crippen molar-refractivity contribution in [3.05, 3.63) is 29.8 Å². The van der Waals surface area contributed by atoms with Crippen LogP contribution in [0.2, 0.25) is 0 Å². The minimum absolute atomic E-state index is 0.0481. The summed E-state index contributed by atoms with van der Waals surface area (Å²) < 4.78 is 10.3. The van der Waals surface area contributed by atoms with Crippen LogP contribution in [-0.2, 0) is 16.0 Å². The largest absolute Gasteiger partial charge is 0.496 e. The number of para-hydroxylation sites is 1. The average Bonchev–Trinajstić information content (AvgIpc) is 2.50. The molecule has 124 valence electrons. The van der Waals surface area contributed by atoms with Gasteiger partial charge in [0, 0.05) is 32.2 Å². The van der Waals surface area contributed by atoms with Gasteiger partial charge in [0.2, 0.25) is 5.91 Å². The van der Waals surface area contributed by atoms with Crippen molar-refractivity contribution < 1.29 is 14.3 Å². The molecule has 5 heteroatoms. The molecule has 0 bridgehead atoms. The second-order valence-electron chi connectivity index (χ2n) is 5.87. The summed E-state index contributed by atoms with van der Waals surface area (Å²) >= 11 is 0. The van der Waals surface area contributed by atoms with Gasteiger partial charge in [-0.1, -0.05) is 32.0 Å². The predicted molar refractivity (Wildman–Crippen MR) is 88.2 cm³/mol. The summed E-state index contributed by atoms with van der Waals surface area (Å²) in [5, 5.41) is 6.18. The molecule has 0 saturated heterocycles. The number of rotatable bonds is 10. The van der Waals surface area contributed by atoms with Gasteiger partial charge in [0.1, 0.15) is 5.75 Å². The van der Waals surface area contributed by atoms with E-state index in [2.05, 4.69) is 10.6 Å². The monoisotopic (exact) mass is 308 g/mol. The van der Waals surface area contributed by atoms with Crippen molar-refractivity contribution in [2.75, 3.05) is 40.5 Å². The maximum Gasteiger partial charge on any atom is 0.226 e. The minimum Gasteiger partial charge on any atom is -0.496 e. The summed E-state index contributed by atoms with van der Waals surface area (Å²) in [5.74, 6) is 0.872. The number of amides is 1. The SMILES string of the molecule is COCCNCCNC(=O)C(C)(C)Cc1ccccc1OC. The van der Waals surface area contributed by atoms with Crippen LogP contribution in [-0.4, -0.2) is 46.4 Å². The van der Waals surface area contributed by atoms with Crippen molar-refractivity contribution in [2.24, 2.45) is 5.41 Å². The van der Waals surface area contributed by atoms with Crippen LogP contribution < -0.4 is 15.4 Å². The van der Waals surface area contributed by atoms with Gasteiger partial charge in [-0.05, 0) is 18.1 Å². The summed E-state index contributed by atoms with van der Waals surface area (Å²) in [5.41, 5.74) is 0.560. The lowest BCUT2D eigenvalue weighted by atomic mass is 9.84. The van der Waals surface area contributed by atoms with Gasteiger partial charge in [0.15, 0.2) is 0 Å². The Morgan fingerprint density at radius 3 is 2.55 bits per heavy atom. The Kier molecular flexibility index (Phi) is 7.91. The highest BCUT2D eigenvalue weighted by molar-refractivity contribution is 5.82. The normalized spacial score (nSPS) is 11.3.